The lowest BCUT2D eigenvalue weighted by molar-refractivity contribution is 0.0910. The van der Waals surface area contributed by atoms with E-state index in [0.29, 0.717) is 18.1 Å². The van der Waals surface area contributed by atoms with Crippen molar-refractivity contribution in [1.82, 2.24) is 14.9 Å². The van der Waals surface area contributed by atoms with Gasteiger partial charge in [-0.05, 0) is 38.0 Å². The second-order valence-corrected chi connectivity index (χ2v) is 7.46. The van der Waals surface area contributed by atoms with Crippen molar-refractivity contribution in [2.45, 2.75) is 37.5 Å². The molecule has 2 aromatic rings. The largest absolute Gasteiger partial charge is 0.347 e. The predicted octanol–water partition coefficient (Wildman–Crippen LogP) is 2.24. The molecular formula is C17H18FN3O2S. The van der Waals surface area contributed by atoms with Crippen molar-refractivity contribution in [3.63, 3.8) is 0 Å². The molecule has 2 heterocycles. The average molecular weight is 347 g/mol. The molecule has 0 unspecified atom stereocenters. The third-order valence-electron chi connectivity index (χ3n) is 3.81. The van der Waals surface area contributed by atoms with Gasteiger partial charge in [-0.2, -0.15) is 0 Å². The SMILES string of the molecule is CC(C)(Cc1ccc(F)cc1)NC(=O)c1cnc2n(c1=O)CCS2. The minimum Gasteiger partial charge on any atom is -0.347 e. The van der Waals surface area contributed by atoms with Gasteiger partial charge < -0.3 is 5.32 Å². The van der Waals surface area contributed by atoms with Crippen LogP contribution in [0.25, 0.3) is 0 Å². The zero-order valence-corrected chi connectivity index (χ0v) is 14.3. The minimum absolute atomic E-state index is 0.0495. The van der Waals surface area contributed by atoms with Gasteiger partial charge in [0.05, 0.1) is 0 Å². The Balaban J connectivity index is 1.76. The second-order valence-electron chi connectivity index (χ2n) is 6.40. The summed E-state index contributed by atoms with van der Waals surface area (Å²) in [6.07, 6.45) is 1.87. The summed E-state index contributed by atoms with van der Waals surface area (Å²) in [6, 6.07) is 6.15. The molecule has 1 aromatic heterocycles. The summed E-state index contributed by atoms with van der Waals surface area (Å²) in [4.78, 5) is 29.1. The van der Waals surface area contributed by atoms with Crippen LogP contribution >= 0.6 is 11.8 Å². The van der Waals surface area contributed by atoms with Crippen molar-refractivity contribution in [3.05, 3.63) is 57.8 Å². The lowest BCUT2D eigenvalue weighted by Crippen LogP contribution is -2.47. The third-order valence-corrected chi connectivity index (χ3v) is 4.78. The maximum atomic E-state index is 13.0. The van der Waals surface area contributed by atoms with Crippen LogP contribution in [0.1, 0.15) is 29.8 Å². The Morgan fingerprint density at radius 3 is 2.79 bits per heavy atom. The fourth-order valence-corrected chi connectivity index (χ4v) is 3.62. The zero-order valence-electron chi connectivity index (χ0n) is 13.5. The number of rotatable bonds is 4. The lowest BCUT2D eigenvalue weighted by Gasteiger charge is -2.26. The number of hydrogen-bond donors (Lipinski definition) is 1. The molecule has 3 rings (SSSR count). The van der Waals surface area contributed by atoms with Crippen molar-refractivity contribution in [2.24, 2.45) is 0 Å². The highest BCUT2D eigenvalue weighted by Crippen LogP contribution is 2.20. The maximum absolute atomic E-state index is 13.0. The molecular weight excluding hydrogens is 329 g/mol. The summed E-state index contributed by atoms with van der Waals surface area (Å²) < 4.78 is 14.5. The van der Waals surface area contributed by atoms with E-state index in [1.54, 1.807) is 12.1 Å². The lowest BCUT2D eigenvalue weighted by atomic mass is 9.94. The molecule has 0 saturated heterocycles. The van der Waals surface area contributed by atoms with Gasteiger partial charge in [0.1, 0.15) is 11.4 Å². The summed E-state index contributed by atoms with van der Waals surface area (Å²) in [7, 11) is 0. The van der Waals surface area contributed by atoms with Crippen LogP contribution < -0.4 is 10.9 Å². The van der Waals surface area contributed by atoms with E-state index >= 15 is 0 Å². The van der Waals surface area contributed by atoms with E-state index in [9.17, 15) is 14.0 Å². The third kappa shape index (κ3) is 3.51. The molecule has 126 valence electrons. The number of hydrogen-bond acceptors (Lipinski definition) is 4. The Kier molecular flexibility index (Phi) is 4.45. The number of amides is 1. The quantitative estimate of drug-likeness (QED) is 0.862. The molecule has 1 aliphatic rings. The van der Waals surface area contributed by atoms with Gasteiger partial charge >= 0.3 is 0 Å². The number of fused-ring (bicyclic) bond motifs is 1. The molecule has 7 heteroatoms. The molecule has 1 amide bonds. The highest BCUT2D eigenvalue weighted by molar-refractivity contribution is 7.99. The first kappa shape index (κ1) is 16.7. The normalized spacial score (nSPS) is 13.6. The monoisotopic (exact) mass is 347 g/mol. The molecule has 0 spiro atoms. The Morgan fingerprint density at radius 1 is 1.38 bits per heavy atom. The summed E-state index contributed by atoms with van der Waals surface area (Å²) >= 11 is 1.51. The Hall–Kier alpha value is -2.15. The first-order valence-electron chi connectivity index (χ1n) is 7.65. The number of carbonyl (C=O) groups excluding carboxylic acids is 1. The maximum Gasteiger partial charge on any atom is 0.267 e. The first-order valence-corrected chi connectivity index (χ1v) is 8.64. The van der Waals surface area contributed by atoms with Crippen LogP contribution in [0, 0.1) is 5.82 Å². The van der Waals surface area contributed by atoms with Crippen LogP contribution in [0.3, 0.4) is 0 Å². The van der Waals surface area contributed by atoms with E-state index in [2.05, 4.69) is 10.3 Å². The molecule has 1 N–H and O–H groups in total. The molecule has 24 heavy (non-hydrogen) atoms. The van der Waals surface area contributed by atoms with Crippen LogP contribution in [0.5, 0.6) is 0 Å². The van der Waals surface area contributed by atoms with Crippen LogP contribution in [-0.4, -0.2) is 26.8 Å². The van der Waals surface area contributed by atoms with Crippen LogP contribution in [0.15, 0.2) is 40.4 Å². The summed E-state index contributed by atoms with van der Waals surface area (Å²) in [6.45, 7) is 4.30. The molecule has 0 bridgehead atoms. The number of benzene rings is 1. The number of halogens is 1. The molecule has 1 aromatic carbocycles. The second kappa shape index (κ2) is 6.39. The van der Waals surface area contributed by atoms with E-state index in [0.717, 1.165) is 11.3 Å². The van der Waals surface area contributed by atoms with Crippen molar-refractivity contribution >= 4 is 17.7 Å². The van der Waals surface area contributed by atoms with Gasteiger partial charge in [-0.3, -0.25) is 14.2 Å². The Bertz CT molecular complexity index is 831. The number of aromatic nitrogens is 2. The standard InChI is InChI=1S/C17H18FN3O2S/c1-17(2,9-11-3-5-12(18)6-4-11)20-14(22)13-10-19-16-21(15(13)23)7-8-24-16/h3-6,10H,7-9H2,1-2H3,(H,20,22). The number of nitrogens with zero attached hydrogens (tertiary/aromatic N) is 2. The molecule has 0 radical (unpaired) electrons. The van der Waals surface area contributed by atoms with E-state index in [-0.39, 0.29) is 16.9 Å². The summed E-state index contributed by atoms with van der Waals surface area (Å²) in [5.41, 5.74) is 0.0650. The van der Waals surface area contributed by atoms with Crippen molar-refractivity contribution in [2.75, 3.05) is 5.75 Å². The smallest absolute Gasteiger partial charge is 0.267 e. The van der Waals surface area contributed by atoms with Crippen molar-refractivity contribution in [1.29, 1.82) is 0 Å². The van der Waals surface area contributed by atoms with Gasteiger partial charge in [-0.1, -0.05) is 23.9 Å². The van der Waals surface area contributed by atoms with Crippen molar-refractivity contribution in [3.8, 4) is 0 Å². The first-order chi connectivity index (χ1) is 11.4. The number of thioether (sulfide) groups is 1. The van der Waals surface area contributed by atoms with Crippen molar-refractivity contribution < 1.29 is 9.18 Å². The van der Waals surface area contributed by atoms with E-state index < -0.39 is 11.4 Å². The average Bonchev–Trinajstić information content (AvgIpc) is 2.98. The molecule has 0 atom stereocenters. The Labute approximate surface area is 143 Å². The highest BCUT2D eigenvalue weighted by atomic mass is 32.2. The number of carbonyl (C=O) groups is 1. The van der Waals surface area contributed by atoms with E-state index in [1.165, 1.54) is 34.7 Å². The van der Waals surface area contributed by atoms with Gasteiger partial charge in [0.15, 0.2) is 5.16 Å². The van der Waals surface area contributed by atoms with Gasteiger partial charge in [0.2, 0.25) is 0 Å². The van der Waals surface area contributed by atoms with Crippen LogP contribution in [0.2, 0.25) is 0 Å². The fourth-order valence-electron chi connectivity index (χ4n) is 2.70. The van der Waals surface area contributed by atoms with E-state index in [4.69, 9.17) is 0 Å². The highest BCUT2D eigenvalue weighted by Gasteiger charge is 2.25. The Morgan fingerprint density at radius 2 is 2.08 bits per heavy atom. The summed E-state index contributed by atoms with van der Waals surface area (Å²) in [5.74, 6) is 0.0612. The summed E-state index contributed by atoms with van der Waals surface area (Å²) in [5, 5.41) is 3.53. The molecule has 1 aliphatic heterocycles. The molecule has 0 saturated carbocycles. The zero-order chi connectivity index (χ0) is 17.3. The minimum atomic E-state index is -0.584. The van der Waals surface area contributed by atoms with E-state index in [1.807, 2.05) is 13.8 Å². The van der Waals surface area contributed by atoms with Gasteiger partial charge in [0, 0.05) is 24.0 Å². The molecule has 0 fully saturated rings. The van der Waals surface area contributed by atoms with Gasteiger partial charge in [0.25, 0.3) is 11.5 Å². The van der Waals surface area contributed by atoms with Crippen LogP contribution in [-0.2, 0) is 13.0 Å². The fraction of sp³-hybridized carbons (Fsp3) is 0.353. The van der Waals surface area contributed by atoms with Gasteiger partial charge in [-0.15, -0.1) is 0 Å². The molecule has 0 aliphatic carbocycles. The van der Waals surface area contributed by atoms with Gasteiger partial charge in [-0.25, -0.2) is 9.37 Å². The number of nitrogens with one attached hydrogen (secondary N) is 1. The topological polar surface area (TPSA) is 64.0 Å². The van der Waals surface area contributed by atoms with Crippen LogP contribution in [0.4, 0.5) is 4.39 Å². The predicted molar refractivity (Wildman–Crippen MR) is 90.9 cm³/mol. The molecule has 5 nitrogen and oxygen atoms in total.